The standard InChI is InChI=1S/C18H35N3O2/c1-3-19-18(21-17-7-5-15(2)6-8-17)20-10-4-11-22-13-16-9-12-23-14-16/h15-17H,3-14H2,1-2H3,(H2,19,20,21). The van der Waals surface area contributed by atoms with E-state index in [1.807, 2.05) is 0 Å². The minimum absolute atomic E-state index is 0.586. The molecule has 2 fully saturated rings. The van der Waals surface area contributed by atoms with Crippen LogP contribution in [0.2, 0.25) is 0 Å². The second-order valence-corrected chi connectivity index (χ2v) is 7.02. The van der Waals surface area contributed by atoms with Gasteiger partial charge in [-0.2, -0.15) is 0 Å². The van der Waals surface area contributed by atoms with Crippen molar-refractivity contribution >= 4 is 5.96 Å². The predicted octanol–water partition coefficient (Wildman–Crippen LogP) is 2.56. The van der Waals surface area contributed by atoms with Crippen molar-refractivity contribution < 1.29 is 9.47 Å². The van der Waals surface area contributed by atoms with Crippen molar-refractivity contribution in [3.63, 3.8) is 0 Å². The fourth-order valence-corrected chi connectivity index (χ4v) is 3.24. The van der Waals surface area contributed by atoms with Gasteiger partial charge in [0.25, 0.3) is 0 Å². The lowest BCUT2D eigenvalue weighted by molar-refractivity contribution is 0.0893. The Hall–Kier alpha value is -0.810. The summed E-state index contributed by atoms with van der Waals surface area (Å²) in [5.74, 6) is 2.46. The largest absolute Gasteiger partial charge is 0.381 e. The zero-order valence-electron chi connectivity index (χ0n) is 15.0. The fourth-order valence-electron chi connectivity index (χ4n) is 3.24. The summed E-state index contributed by atoms with van der Waals surface area (Å²) in [6.07, 6.45) is 7.31. The molecular weight excluding hydrogens is 290 g/mol. The van der Waals surface area contributed by atoms with Crippen LogP contribution in [0.1, 0.15) is 52.4 Å². The Morgan fingerprint density at radius 2 is 2.04 bits per heavy atom. The molecule has 1 saturated carbocycles. The van der Waals surface area contributed by atoms with Gasteiger partial charge in [-0.1, -0.05) is 6.92 Å². The molecule has 0 aromatic heterocycles. The summed E-state index contributed by atoms with van der Waals surface area (Å²) in [4.78, 5) is 4.69. The molecule has 0 aromatic carbocycles. The molecule has 0 bridgehead atoms. The van der Waals surface area contributed by atoms with E-state index >= 15 is 0 Å². The summed E-state index contributed by atoms with van der Waals surface area (Å²) < 4.78 is 11.1. The first-order valence-electron chi connectivity index (χ1n) is 9.48. The molecule has 2 aliphatic rings. The number of rotatable bonds is 8. The quantitative estimate of drug-likeness (QED) is 0.409. The molecule has 1 saturated heterocycles. The number of nitrogens with one attached hydrogen (secondary N) is 2. The monoisotopic (exact) mass is 325 g/mol. The number of guanidine groups is 1. The minimum Gasteiger partial charge on any atom is -0.381 e. The molecule has 0 amide bonds. The summed E-state index contributed by atoms with van der Waals surface area (Å²) in [5.41, 5.74) is 0. The Balaban J connectivity index is 1.58. The van der Waals surface area contributed by atoms with Gasteiger partial charge >= 0.3 is 0 Å². The van der Waals surface area contributed by atoms with Crippen molar-refractivity contribution in [2.45, 2.75) is 58.4 Å². The molecule has 1 aliphatic heterocycles. The molecule has 2 N–H and O–H groups in total. The third-order valence-electron chi connectivity index (χ3n) is 4.80. The lowest BCUT2D eigenvalue weighted by Gasteiger charge is -2.28. The number of aliphatic imine (C=N–C) groups is 1. The Bertz CT molecular complexity index is 335. The zero-order valence-corrected chi connectivity index (χ0v) is 15.0. The van der Waals surface area contributed by atoms with E-state index in [0.717, 1.165) is 64.2 Å². The van der Waals surface area contributed by atoms with E-state index in [9.17, 15) is 0 Å². The van der Waals surface area contributed by atoms with Crippen LogP contribution in [-0.4, -0.2) is 51.5 Å². The average molecular weight is 325 g/mol. The Labute approximate surface area is 141 Å². The predicted molar refractivity (Wildman–Crippen MR) is 94.9 cm³/mol. The molecule has 1 heterocycles. The Morgan fingerprint density at radius 3 is 2.74 bits per heavy atom. The van der Waals surface area contributed by atoms with Gasteiger partial charge in [0.2, 0.25) is 0 Å². The van der Waals surface area contributed by atoms with E-state index in [1.54, 1.807) is 0 Å². The van der Waals surface area contributed by atoms with Crippen LogP contribution in [0.15, 0.2) is 4.99 Å². The average Bonchev–Trinajstić information content (AvgIpc) is 3.06. The highest BCUT2D eigenvalue weighted by atomic mass is 16.5. The van der Waals surface area contributed by atoms with Crippen LogP contribution in [0.25, 0.3) is 0 Å². The van der Waals surface area contributed by atoms with Gasteiger partial charge in [0.15, 0.2) is 5.96 Å². The van der Waals surface area contributed by atoms with Crippen molar-refractivity contribution in [1.29, 1.82) is 0 Å². The molecule has 0 aromatic rings. The maximum atomic E-state index is 5.73. The molecule has 2 rings (SSSR count). The van der Waals surface area contributed by atoms with Gasteiger partial charge in [0.05, 0.1) is 13.2 Å². The molecule has 0 radical (unpaired) electrons. The molecule has 5 nitrogen and oxygen atoms in total. The zero-order chi connectivity index (χ0) is 16.3. The van der Waals surface area contributed by atoms with Crippen LogP contribution in [-0.2, 0) is 9.47 Å². The van der Waals surface area contributed by atoms with Crippen LogP contribution in [0, 0.1) is 11.8 Å². The second-order valence-electron chi connectivity index (χ2n) is 7.02. The molecule has 5 heteroatoms. The van der Waals surface area contributed by atoms with E-state index < -0.39 is 0 Å². The van der Waals surface area contributed by atoms with Gasteiger partial charge in [0.1, 0.15) is 0 Å². The topological polar surface area (TPSA) is 54.9 Å². The number of ether oxygens (including phenoxy) is 2. The molecular formula is C18H35N3O2. The normalized spacial score (nSPS) is 28.8. The van der Waals surface area contributed by atoms with Gasteiger partial charge in [-0.25, -0.2) is 0 Å². The third kappa shape index (κ3) is 7.53. The molecule has 0 spiro atoms. The van der Waals surface area contributed by atoms with Crippen molar-refractivity contribution in [3.05, 3.63) is 0 Å². The van der Waals surface area contributed by atoms with Crippen LogP contribution in [0.5, 0.6) is 0 Å². The lowest BCUT2D eigenvalue weighted by Crippen LogP contribution is -2.44. The highest BCUT2D eigenvalue weighted by molar-refractivity contribution is 5.80. The third-order valence-corrected chi connectivity index (χ3v) is 4.80. The molecule has 23 heavy (non-hydrogen) atoms. The Kier molecular flexibility index (Phi) is 8.76. The van der Waals surface area contributed by atoms with E-state index in [2.05, 4.69) is 29.5 Å². The highest BCUT2D eigenvalue weighted by Crippen LogP contribution is 2.23. The van der Waals surface area contributed by atoms with Gasteiger partial charge < -0.3 is 20.1 Å². The minimum atomic E-state index is 0.586. The van der Waals surface area contributed by atoms with Crippen LogP contribution >= 0.6 is 0 Å². The van der Waals surface area contributed by atoms with Crippen LogP contribution < -0.4 is 10.6 Å². The first-order valence-corrected chi connectivity index (χ1v) is 9.48. The number of nitrogens with zero attached hydrogens (tertiary/aromatic N) is 1. The Morgan fingerprint density at radius 1 is 1.22 bits per heavy atom. The number of hydrogen-bond acceptors (Lipinski definition) is 3. The first kappa shape index (κ1) is 18.5. The maximum Gasteiger partial charge on any atom is 0.191 e. The summed E-state index contributed by atoms with van der Waals surface area (Å²) in [5, 5.41) is 6.95. The fraction of sp³-hybridized carbons (Fsp3) is 0.944. The van der Waals surface area contributed by atoms with Crippen molar-refractivity contribution in [3.8, 4) is 0 Å². The van der Waals surface area contributed by atoms with Gasteiger partial charge in [-0.15, -0.1) is 0 Å². The van der Waals surface area contributed by atoms with E-state index in [4.69, 9.17) is 9.47 Å². The second kappa shape index (κ2) is 10.9. The van der Waals surface area contributed by atoms with Crippen molar-refractivity contribution in [2.75, 3.05) is 39.5 Å². The van der Waals surface area contributed by atoms with Gasteiger partial charge in [-0.05, 0) is 51.4 Å². The smallest absolute Gasteiger partial charge is 0.191 e. The SMILES string of the molecule is CCNC(=NCCCOCC1CCOC1)NC1CCC(C)CC1. The first-order chi connectivity index (χ1) is 11.3. The van der Waals surface area contributed by atoms with Crippen molar-refractivity contribution in [1.82, 2.24) is 10.6 Å². The van der Waals surface area contributed by atoms with E-state index in [1.165, 1.54) is 25.7 Å². The summed E-state index contributed by atoms with van der Waals surface area (Å²) in [6, 6.07) is 0.586. The van der Waals surface area contributed by atoms with E-state index in [-0.39, 0.29) is 0 Å². The van der Waals surface area contributed by atoms with Crippen molar-refractivity contribution in [2.24, 2.45) is 16.8 Å². The van der Waals surface area contributed by atoms with E-state index in [0.29, 0.717) is 12.0 Å². The summed E-state index contributed by atoms with van der Waals surface area (Å²) in [6.45, 7) is 9.60. The molecule has 1 unspecified atom stereocenters. The van der Waals surface area contributed by atoms with Gasteiger partial charge in [-0.3, -0.25) is 4.99 Å². The van der Waals surface area contributed by atoms with Crippen LogP contribution in [0.3, 0.4) is 0 Å². The number of hydrogen-bond donors (Lipinski definition) is 2. The summed E-state index contributed by atoms with van der Waals surface area (Å²) >= 11 is 0. The van der Waals surface area contributed by atoms with Crippen LogP contribution in [0.4, 0.5) is 0 Å². The molecule has 134 valence electrons. The molecule has 1 atom stereocenters. The van der Waals surface area contributed by atoms with Gasteiger partial charge in [0, 0.05) is 38.3 Å². The highest BCUT2D eigenvalue weighted by Gasteiger charge is 2.18. The molecule has 1 aliphatic carbocycles. The summed E-state index contributed by atoms with van der Waals surface area (Å²) in [7, 11) is 0. The lowest BCUT2D eigenvalue weighted by atomic mass is 9.87. The maximum absolute atomic E-state index is 5.73.